The van der Waals surface area contributed by atoms with Gasteiger partial charge in [-0.3, -0.25) is 10.1 Å². The minimum atomic E-state index is -0.414. The molecule has 2 heterocycles. The molecule has 1 saturated heterocycles. The Bertz CT molecular complexity index is 695. The van der Waals surface area contributed by atoms with Crippen LogP contribution >= 0.6 is 11.6 Å². The van der Waals surface area contributed by atoms with Gasteiger partial charge in [0.05, 0.1) is 18.1 Å². The van der Waals surface area contributed by atoms with Crippen molar-refractivity contribution in [3.63, 3.8) is 0 Å². The molecule has 0 spiro atoms. The fourth-order valence-corrected chi connectivity index (χ4v) is 2.80. The quantitative estimate of drug-likeness (QED) is 0.642. The van der Waals surface area contributed by atoms with E-state index in [0.29, 0.717) is 30.5 Å². The molecule has 7 heteroatoms. The molecule has 1 aliphatic rings. The van der Waals surface area contributed by atoms with E-state index in [9.17, 15) is 10.1 Å². The monoisotopic (exact) mass is 319 g/mol. The van der Waals surface area contributed by atoms with E-state index in [1.807, 2.05) is 29.2 Å². The number of hydrogen-bond acceptors (Lipinski definition) is 5. The lowest BCUT2D eigenvalue weighted by atomic mass is 10.1. The lowest BCUT2D eigenvalue weighted by Gasteiger charge is -2.33. The largest absolute Gasteiger partial charge is 0.370 e. The first kappa shape index (κ1) is 14.7. The van der Waals surface area contributed by atoms with Crippen molar-refractivity contribution in [1.82, 2.24) is 4.98 Å². The molecule has 0 saturated carbocycles. The minimum Gasteiger partial charge on any atom is -0.370 e. The fraction of sp³-hybridized carbons (Fsp3) is 0.267. The maximum Gasteiger partial charge on any atom is 0.311 e. The molecule has 0 radical (unpaired) electrons. The van der Waals surface area contributed by atoms with Gasteiger partial charge in [-0.25, -0.2) is 4.98 Å². The lowest BCUT2D eigenvalue weighted by molar-refractivity contribution is -0.384. The highest BCUT2D eigenvalue weighted by Crippen LogP contribution is 2.32. The number of nitrogens with zero attached hydrogens (tertiary/aromatic N) is 3. The summed E-state index contributed by atoms with van der Waals surface area (Å²) in [6, 6.07) is 10.5. The lowest BCUT2D eigenvalue weighted by Crippen LogP contribution is -2.39. The second-order valence-corrected chi connectivity index (χ2v) is 5.34. The topological polar surface area (TPSA) is 68.5 Å². The van der Waals surface area contributed by atoms with Crippen molar-refractivity contribution in [3.8, 4) is 0 Å². The van der Waals surface area contributed by atoms with E-state index in [1.165, 1.54) is 6.07 Å². The van der Waals surface area contributed by atoms with Gasteiger partial charge in [-0.2, -0.15) is 0 Å². The molecule has 3 rings (SSSR count). The fourth-order valence-electron chi connectivity index (χ4n) is 2.54. The summed E-state index contributed by atoms with van der Waals surface area (Å²) in [4.78, 5) is 16.8. The number of halogens is 1. The van der Waals surface area contributed by atoms with Gasteiger partial charge in [0.1, 0.15) is 6.10 Å². The third-order valence-corrected chi connectivity index (χ3v) is 3.93. The molecule has 0 aliphatic carbocycles. The van der Waals surface area contributed by atoms with Crippen LogP contribution in [0.25, 0.3) is 0 Å². The molecule has 22 heavy (non-hydrogen) atoms. The van der Waals surface area contributed by atoms with Crippen molar-refractivity contribution in [2.24, 2.45) is 0 Å². The van der Waals surface area contributed by atoms with Gasteiger partial charge < -0.3 is 9.64 Å². The summed E-state index contributed by atoms with van der Waals surface area (Å²) in [5, 5.41) is 11.8. The normalized spacial score (nSPS) is 18.2. The molecule has 0 unspecified atom stereocenters. The Balaban J connectivity index is 1.88. The molecule has 1 aliphatic heterocycles. The molecule has 2 aromatic rings. The van der Waals surface area contributed by atoms with Crippen molar-refractivity contribution < 1.29 is 9.66 Å². The van der Waals surface area contributed by atoms with Crippen LogP contribution in [0.1, 0.15) is 11.7 Å². The van der Waals surface area contributed by atoms with Gasteiger partial charge in [-0.1, -0.05) is 29.8 Å². The summed E-state index contributed by atoms with van der Waals surface area (Å²) in [6.45, 7) is 1.49. The average molecular weight is 320 g/mol. The van der Waals surface area contributed by atoms with Crippen LogP contribution in [0.3, 0.4) is 0 Å². The number of benzene rings is 1. The van der Waals surface area contributed by atoms with Gasteiger partial charge in [-0.05, 0) is 12.1 Å². The first-order valence-electron chi connectivity index (χ1n) is 6.87. The molecule has 1 aromatic heterocycles. The molecule has 0 amide bonds. The van der Waals surface area contributed by atoms with Crippen LogP contribution in [0.15, 0.2) is 42.6 Å². The highest BCUT2D eigenvalue weighted by Gasteiger charge is 2.28. The molecular weight excluding hydrogens is 306 g/mol. The van der Waals surface area contributed by atoms with Crippen molar-refractivity contribution in [2.75, 3.05) is 24.6 Å². The van der Waals surface area contributed by atoms with Crippen LogP contribution in [0, 0.1) is 10.1 Å². The first-order valence-corrected chi connectivity index (χ1v) is 7.25. The van der Waals surface area contributed by atoms with E-state index in [2.05, 4.69) is 4.98 Å². The standard InChI is InChI=1S/C15H14ClN3O3/c16-12-5-2-1-4-11(12)14-10-18(8-9-22-14)15-13(19(20)21)6-3-7-17-15/h1-7,14H,8-10H2/t14-/m1/s1. The predicted molar refractivity (Wildman–Crippen MR) is 83.2 cm³/mol. The SMILES string of the molecule is O=[N+]([O-])c1cccnc1N1CCO[C@@H](c2ccccc2Cl)C1. The van der Waals surface area contributed by atoms with Gasteiger partial charge in [0.2, 0.25) is 5.82 Å². The molecule has 6 nitrogen and oxygen atoms in total. The van der Waals surface area contributed by atoms with E-state index >= 15 is 0 Å². The van der Waals surface area contributed by atoms with Crippen LogP contribution in [-0.4, -0.2) is 29.6 Å². The van der Waals surface area contributed by atoms with E-state index in [1.54, 1.807) is 12.3 Å². The highest BCUT2D eigenvalue weighted by atomic mass is 35.5. The summed E-state index contributed by atoms with van der Waals surface area (Å²) in [5.74, 6) is 0.368. The van der Waals surface area contributed by atoms with Gasteiger partial charge in [-0.15, -0.1) is 0 Å². The average Bonchev–Trinajstić information content (AvgIpc) is 2.55. The van der Waals surface area contributed by atoms with E-state index in [-0.39, 0.29) is 11.8 Å². The molecule has 1 fully saturated rings. The highest BCUT2D eigenvalue weighted by molar-refractivity contribution is 6.31. The smallest absolute Gasteiger partial charge is 0.311 e. The van der Waals surface area contributed by atoms with E-state index in [4.69, 9.17) is 16.3 Å². The molecular formula is C15H14ClN3O3. The zero-order valence-corrected chi connectivity index (χ0v) is 12.4. The maximum absolute atomic E-state index is 11.2. The van der Waals surface area contributed by atoms with Crippen molar-refractivity contribution in [1.29, 1.82) is 0 Å². The summed E-state index contributed by atoms with van der Waals surface area (Å²) in [7, 11) is 0. The molecule has 0 N–H and O–H groups in total. The van der Waals surface area contributed by atoms with Gasteiger partial charge >= 0.3 is 5.69 Å². The Morgan fingerprint density at radius 3 is 2.91 bits per heavy atom. The Kier molecular flexibility index (Phi) is 4.22. The summed E-state index contributed by atoms with van der Waals surface area (Å²) in [5.41, 5.74) is 0.884. The maximum atomic E-state index is 11.2. The Morgan fingerprint density at radius 2 is 2.14 bits per heavy atom. The van der Waals surface area contributed by atoms with E-state index < -0.39 is 4.92 Å². The van der Waals surface area contributed by atoms with E-state index in [0.717, 1.165) is 5.56 Å². The number of rotatable bonds is 3. The first-order chi connectivity index (χ1) is 10.7. The number of anilines is 1. The van der Waals surface area contributed by atoms with Gasteiger partial charge in [0.15, 0.2) is 0 Å². The number of nitro groups is 1. The van der Waals surface area contributed by atoms with Crippen LogP contribution in [0.4, 0.5) is 11.5 Å². The number of aromatic nitrogens is 1. The predicted octanol–water partition coefficient (Wildman–Crippen LogP) is 3.22. The Labute approximate surface area is 132 Å². The second kappa shape index (κ2) is 6.29. The zero-order valence-electron chi connectivity index (χ0n) is 11.7. The summed E-state index contributed by atoms with van der Waals surface area (Å²) >= 11 is 6.21. The molecule has 0 bridgehead atoms. The van der Waals surface area contributed by atoms with Crippen LogP contribution in [0.2, 0.25) is 5.02 Å². The van der Waals surface area contributed by atoms with Crippen molar-refractivity contribution in [2.45, 2.75) is 6.10 Å². The third kappa shape index (κ3) is 2.88. The van der Waals surface area contributed by atoms with Crippen LogP contribution in [0.5, 0.6) is 0 Å². The third-order valence-electron chi connectivity index (χ3n) is 3.58. The number of hydrogen-bond donors (Lipinski definition) is 0. The molecule has 1 aromatic carbocycles. The minimum absolute atomic E-state index is 0.00214. The number of morpholine rings is 1. The van der Waals surface area contributed by atoms with Gasteiger partial charge in [0.25, 0.3) is 0 Å². The Morgan fingerprint density at radius 1 is 1.32 bits per heavy atom. The van der Waals surface area contributed by atoms with Crippen LogP contribution < -0.4 is 4.90 Å². The number of pyridine rings is 1. The van der Waals surface area contributed by atoms with Gasteiger partial charge in [0, 0.05) is 29.4 Å². The zero-order chi connectivity index (χ0) is 15.5. The molecule has 1 atom stereocenters. The summed E-state index contributed by atoms with van der Waals surface area (Å²) < 4.78 is 5.77. The molecule has 114 valence electrons. The number of ether oxygens (including phenoxy) is 1. The second-order valence-electron chi connectivity index (χ2n) is 4.93. The van der Waals surface area contributed by atoms with Crippen LogP contribution in [-0.2, 0) is 4.74 Å². The summed E-state index contributed by atoms with van der Waals surface area (Å²) in [6.07, 6.45) is 1.33. The Hall–Kier alpha value is -2.18. The van der Waals surface area contributed by atoms with Crippen molar-refractivity contribution in [3.05, 3.63) is 63.3 Å². The van der Waals surface area contributed by atoms with Crippen molar-refractivity contribution >= 4 is 23.1 Å².